The molecule has 0 spiro atoms. The topological polar surface area (TPSA) is 55.1 Å². The number of carbonyl (C=O) groups is 1. The van der Waals surface area contributed by atoms with Crippen LogP contribution in [0.4, 0.5) is 0 Å². The normalized spacial score (nSPS) is 11.8. The largest absolute Gasteiger partial charge is 0.481 e. The number of nitrogens with zero attached hydrogens (tertiary/aromatic N) is 2. The van der Waals surface area contributed by atoms with Crippen molar-refractivity contribution in [3.63, 3.8) is 0 Å². The number of imidazole rings is 1. The summed E-state index contributed by atoms with van der Waals surface area (Å²) in [6.07, 6.45) is 8.25. The lowest BCUT2D eigenvalue weighted by molar-refractivity contribution is -0.134. The first kappa shape index (κ1) is 14.7. The molecule has 1 aromatic heterocycles. The quantitative estimate of drug-likeness (QED) is 0.858. The van der Waals surface area contributed by atoms with Crippen molar-refractivity contribution in [2.45, 2.75) is 46.6 Å². The fourth-order valence-corrected chi connectivity index (χ4v) is 1.53. The summed E-state index contributed by atoms with van der Waals surface area (Å²) in [4.78, 5) is 13.1. The van der Waals surface area contributed by atoms with Gasteiger partial charge in [-0.2, -0.15) is 0 Å². The van der Waals surface area contributed by atoms with Crippen molar-refractivity contribution in [1.29, 1.82) is 0 Å². The van der Waals surface area contributed by atoms with E-state index in [-0.39, 0.29) is 0 Å². The molecule has 0 saturated heterocycles. The van der Waals surface area contributed by atoms with Crippen LogP contribution in [0, 0.1) is 5.92 Å². The van der Waals surface area contributed by atoms with E-state index in [9.17, 15) is 0 Å². The summed E-state index contributed by atoms with van der Waals surface area (Å²) in [6, 6.07) is 0.632. The molecule has 16 heavy (non-hydrogen) atoms. The molecular weight excluding hydrogens is 204 g/mol. The van der Waals surface area contributed by atoms with Crippen molar-refractivity contribution >= 4 is 5.97 Å². The van der Waals surface area contributed by atoms with E-state index >= 15 is 0 Å². The highest BCUT2D eigenvalue weighted by molar-refractivity contribution is 5.62. The molecule has 0 amide bonds. The van der Waals surface area contributed by atoms with Gasteiger partial charge in [-0.25, -0.2) is 4.98 Å². The minimum Gasteiger partial charge on any atom is -0.481 e. The molecule has 1 heterocycles. The molecule has 1 aromatic rings. The predicted octanol–water partition coefficient (Wildman–Crippen LogP) is 2.97. The molecule has 1 atom stereocenters. The van der Waals surface area contributed by atoms with Crippen LogP contribution in [-0.2, 0) is 4.79 Å². The van der Waals surface area contributed by atoms with Crippen LogP contribution in [0.1, 0.15) is 46.6 Å². The standard InChI is InChI=1S/C10H18N2.C2H4O2/c1-4-10(7-9(2)3)12-6-5-11-8-12;1-2(3)4/h5-6,8-10H,4,7H2,1-3H3;1H3,(H,3,4). The third kappa shape index (κ3) is 7.04. The van der Waals surface area contributed by atoms with Crippen molar-refractivity contribution in [3.8, 4) is 0 Å². The van der Waals surface area contributed by atoms with Gasteiger partial charge in [0, 0.05) is 25.4 Å². The maximum absolute atomic E-state index is 9.00. The van der Waals surface area contributed by atoms with Crippen molar-refractivity contribution in [2.75, 3.05) is 0 Å². The number of aliphatic carboxylic acids is 1. The first-order valence-electron chi connectivity index (χ1n) is 5.64. The van der Waals surface area contributed by atoms with Gasteiger partial charge in [0.1, 0.15) is 0 Å². The smallest absolute Gasteiger partial charge is 0.300 e. The van der Waals surface area contributed by atoms with E-state index in [1.807, 2.05) is 12.5 Å². The van der Waals surface area contributed by atoms with Crippen LogP contribution in [0.25, 0.3) is 0 Å². The first-order chi connectivity index (χ1) is 7.47. The average Bonchev–Trinajstić information content (AvgIpc) is 2.65. The molecule has 92 valence electrons. The van der Waals surface area contributed by atoms with Crippen LogP contribution in [0.2, 0.25) is 0 Å². The fourth-order valence-electron chi connectivity index (χ4n) is 1.53. The molecule has 0 bridgehead atoms. The Hall–Kier alpha value is -1.32. The van der Waals surface area contributed by atoms with Gasteiger partial charge in [0.05, 0.1) is 6.33 Å². The summed E-state index contributed by atoms with van der Waals surface area (Å²) in [6.45, 7) is 7.84. The lowest BCUT2D eigenvalue weighted by Crippen LogP contribution is -2.08. The molecule has 4 nitrogen and oxygen atoms in total. The summed E-state index contributed by atoms with van der Waals surface area (Å²) in [5, 5.41) is 7.42. The molecule has 1 rings (SSSR count). The van der Waals surface area contributed by atoms with E-state index in [0.717, 1.165) is 12.8 Å². The highest BCUT2D eigenvalue weighted by Gasteiger charge is 2.09. The molecule has 0 saturated carbocycles. The third-order valence-corrected chi connectivity index (χ3v) is 2.16. The summed E-state index contributed by atoms with van der Waals surface area (Å²) in [5.74, 6) is -0.0719. The number of carboxylic acid groups (broad SMARTS) is 1. The Balaban J connectivity index is 0.000000487. The third-order valence-electron chi connectivity index (χ3n) is 2.16. The molecule has 0 fully saturated rings. The van der Waals surface area contributed by atoms with Gasteiger partial charge < -0.3 is 9.67 Å². The van der Waals surface area contributed by atoms with E-state index in [0.29, 0.717) is 6.04 Å². The highest BCUT2D eigenvalue weighted by atomic mass is 16.4. The second kappa shape index (κ2) is 7.91. The van der Waals surface area contributed by atoms with Crippen molar-refractivity contribution < 1.29 is 9.90 Å². The average molecular weight is 226 g/mol. The molecule has 0 aliphatic carbocycles. The maximum Gasteiger partial charge on any atom is 0.300 e. The molecule has 0 aliphatic rings. The lowest BCUT2D eigenvalue weighted by atomic mass is 10.0. The van der Waals surface area contributed by atoms with Crippen molar-refractivity contribution in [3.05, 3.63) is 18.7 Å². The summed E-state index contributed by atoms with van der Waals surface area (Å²) in [5.41, 5.74) is 0. The lowest BCUT2D eigenvalue weighted by Gasteiger charge is -2.18. The van der Waals surface area contributed by atoms with Gasteiger partial charge in [-0.3, -0.25) is 4.79 Å². The number of carboxylic acids is 1. The van der Waals surface area contributed by atoms with Crippen LogP contribution in [0.5, 0.6) is 0 Å². The second-order valence-electron chi connectivity index (χ2n) is 4.22. The van der Waals surface area contributed by atoms with E-state index in [4.69, 9.17) is 9.90 Å². The van der Waals surface area contributed by atoms with Gasteiger partial charge in [0.2, 0.25) is 0 Å². The molecule has 1 unspecified atom stereocenters. The van der Waals surface area contributed by atoms with Gasteiger partial charge in [-0.1, -0.05) is 20.8 Å². The summed E-state index contributed by atoms with van der Waals surface area (Å²) < 4.78 is 2.21. The van der Waals surface area contributed by atoms with Crippen molar-refractivity contribution in [2.24, 2.45) is 5.92 Å². The zero-order valence-corrected chi connectivity index (χ0v) is 10.6. The highest BCUT2D eigenvalue weighted by Crippen LogP contribution is 2.19. The molecular formula is C12H22N2O2. The molecule has 0 aliphatic heterocycles. The fraction of sp³-hybridized carbons (Fsp3) is 0.667. The second-order valence-corrected chi connectivity index (χ2v) is 4.22. The number of hydrogen-bond donors (Lipinski definition) is 1. The van der Waals surface area contributed by atoms with Gasteiger partial charge in [-0.05, 0) is 18.8 Å². The first-order valence-corrected chi connectivity index (χ1v) is 5.64. The number of hydrogen-bond acceptors (Lipinski definition) is 2. The van der Waals surface area contributed by atoms with Gasteiger partial charge in [-0.15, -0.1) is 0 Å². The Morgan fingerprint density at radius 1 is 1.50 bits per heavy atom. The zero-order valence-electron chi connectivity index (χ0n) is 10.6. The van der Waals surface area contributed by atoms with Crippen LogP contribution in [0.15, 0.2) is 18.7 Å². The number of aromatic nitrogens is 2. The van der Waals surface area contributed by atoms with Crippen LogP contribution >= 0.6 is 0 Å². The number of rotatable bonds is 4. The van der Waals surface area contributed by atoms with Crippen molar-refractivity contribution in [1.82, 2.24) is 9.55 Å². The van der Waals surface area contributed by atoms with E-state index in [2.05, 4.69) is 36.5 Å². The maximum atomic E-state index is 9.00. The zero-order chi connectivity index (χ0) is 12.6. The van der Waals surface area contributed by atoms with E-state index in [1.54, 1.807) is 0 Å². The van der Waals surface area contributed by atoms with Gasteiger partial charge >= 0.3 is 0 Å². The Labute approximate surface area is 97.3 Å². The van der Waals surface area contributed by atoms with E-state index < -0.39 is 5.97 Å². The predicted molar refractivity (Wildman–Crippen MR) is 64.3 cm³/mol. The molecule has 1 N–H and O–H groups in total. The monoisotopic (exact) mass is 226 g/mol. The molecule has 0 aromatic carbocycles. The summed E-state index contributed by atoms with van der Waals surface area (Å²) in [7, 11) is 0. The SMILES string of the molecule is CC(=O)O.CCC(CC(C)C)n1ccnc1. The van der Waals surface area contributed by atoms with Gasteiger partial charge in [0.15, 0.2) is 0 Å². The minimum atomic E-state index is -0.833. The van der Waals surface area contributed by atoms with Gasteiger partial charge in [0.25, 0.3) is 5.97 Å². The minimum absolute atomic E-state index is 0.632. The van der Waals surface area contributed by atoms with E-state index in [1.165, 1.54) is 12.8 Å². The van der Waals surface area contributed by atoms with Crippen LogP contribution in [-0.4, -0.2) is 20.6 Å². The Kier molecular flexibility index (Phi) is 7.25. The molecule has 4 heteroatoms. The molecule has 0 radical (unpaired) electrons. The van der Waals surface area contributed by atoms with Crippen LogP contribution in [0.3, 0.4) is 0 Å². The Morgan fingerprint density at radius 2 is 2.06 bits per heavy atom. The van der Waals surface area contributed by atoms with Crippen LogP contribution < -0.4 is 0 Å². The Morgan fingerprint density at radius 3 is 2.38 bits per heavy atom. The summed E-state index contributed by atoms with van der Waals surface area (Å²) >= 11 is 0. The Bertz CT molecular complexity index is 277.